The largest absolute Gasteiger partial charge is 0.463 e. The molecule has 0 unspecified atom stereocenters. The lowest BCUT2D eigenvalue weighted by molar-refractivity contribution is -0.145. The monoisotopic (exact) mass is 431 g/mol. The molecule has 0 fully saturated rings. The van der Waals surface area contributed by atoms with Crippen molar-refractivity contribution in [2.75, 3.05) is 79.2 Å². The van der Waals surface area contributed by atoms with Gasteiger partial charge in [-0.15, -0.1) is 0 Å². The predicted octanol–water partition coefficient (Wildman–Crippen LogP) is 0.338. The Morgan fingerprint density at radius 2 is 1.10 bits per heavy atom. The van der Waals surface area contributed by atoms with Crippen LogP contribution in [0.5, 0.6) is 0 Å². The van der Waals surface area contributed by atoms with E-state index in [9.17, 15) is 14.4 Å². The van der Waals surface area contributed by atoms with E-state index in [1.54, 1.807) is 0 Å². The molecule has 1 aliphatic rings. The molecule has 0 N–H and O–H groups in total. The summed E-state index contributed by atoms with van der Waals surface area (Å²) in [6.45, 7) is 6.56. The van der Waals surface area contributed by atoms with Gasteiger partial charge in [-0.2, -0.15) is 0 Å². The number of ether oxygens (including phenoxy) is 6. The number of hydrogen-bond acceptors (Lipinski definition) is 9. The van der Waals surface area contributed by atoms with Crippen LogP contribution in [0, 0.1) is 0 Å². The van der Waals surface area contributed by atoms with Crippen molar-refractivity contribution < 1.29 is 42.8 Å². The van der Waals surface area contributed by atoms with Gasteiger partial charge in [0.1, 0.15) is 6.61 Å². The highest BCUT2D eigenvalue weighted by molar-refractivity contribution is 6.12. The lowest BCUT2D eigenvalue weighted by Crippen LogP contribution is -2.33. The first-order valence-corrected chi connectivity index (χ1v) is 10.2. The van der Waals surface area contributed by atoms with Gasteiger partial charge in [0.05, 0.1) is 72.6 Å². The highest BCUT2D eigenvalue weighted by Gasteiger charge is 2.22. The zero-order valence-corrected chi connectivity index (χ0v) is 17.7. The Hall–Kier alpha value is -1.85. The van der Waals surface area contributed by atoms with Crippen LogP contribution in [0.3, 0.4) is 0 Å². The van der Waals surface area contributed by atoms with Crippen LogP contribution in [0.15, 0.2) is 12.2 Å². The molecule has 2 amide bonds. The van der Waals surface area contributed by atoms with E-state index < -0.39 is 0 Å². The summed E-state index contributed by atoms with van der Waals surface area (Å²) < 4.78 is 31.7. The summed E-state index contributed by atoms with van der Waals surface area (Å²) in [7, 11) is 0. The molecule has 0 aliphatic carbocycles. The first kappa shape index (κ1) is 26.2. The van der Waals surface area contributed by atoms with E-state index in [0.29, 0.717) is 65.9 Å². The molecule has 1 heterocycles. The minimum atomic E-state index is -0.307. The summed E-state index contributed by atoms with van der Waals surface area (Å²) in [6.07, 6.45) is 3.72. The third-order valence-electron chi connectivity index (χ3n) is 3.79. The fourth-order valence-corrected chi connectivity index (χ4v) is 2.28. The summed E-state index contributed by atoms with van der Waals surface area (Å²) in [5.41, 5.74) is 0. The zero-order chi connectivity index (χ0) is 21.9. The van der Waals surface area contributed by atoms with Crippen LogP contribution in [0.25, 0.3) is 0 Å². The van der Waals surface area contributed by atoms with Gasteiger partial charge < -0.3 is 28.4 Å². The first-order valence-electron chi connectivity index (χ1n) is 10.2. The first-order chi connectivity index (χ1) is 14.6. The second kappa shape index (κ2) is 18.0. The third kappa shape index (κ3) is 13.4. The number of nitrogens with zero attached hydrogens (tertiary/aromatic N) is 1. The van der Waals surface area contributed by atoms with E-state index in [-0.39, 0.29) is 37.5 Å². The maximum Gasteiger partial charge on any atom is 0.305 e. The van der Waals surface area contributed by atoms with Crippen molar-refractivity contribution in [1.29, 1.82) is 0 Å². The molecular formula is C20H33NO9. The quantitative estimate of drug-likeness (QED) is 0.153. The van der Waals surface area contributed by atoms with Gasteiger partial charge >= 0.3 is 5.97 Å². The maximum absolute atomic E-state index is 11.3. The lowest BCUT2D eigenvalue weighted by atomic mass is 10.3. The summed E-state index contributed by atoms with van der Waals surface area (Å²) in [5, 5.41) is 0. The van der Waals surface area contributed by atoms with Crippen molar-refractivity contribution in [3.05, 3.63) is 12.2 Å². The van der Waals surface area contributed by atoms with E-state index in [4.69, 9.17) is 28.4 Å². The van der Waals surface area contributed by atoms with Gasteiger partial charge in [0.15, 0.2) is 0 Å². The number of hydrogen-bond donors (Lipinski definition) is 0. The predicted molar refractivity (Wildman–Crippen MR) is 106 cm³/mol. The topological polar surface area (TPSA) is 110 Å². The maximum atomic E-state index is 11.3. The van der Waals surface area contributed by atoms with Gasteiger partial charge in [0, 0.05) is 18.6 Å². The van der Waals surface area contributed by atoms with E-state index in [1.165, 1.54) is 12.2 Å². The Labute approximate surface area is 177 Å². The lowest BCUT2D eigenvalue weighted by Gasteiger charge is -2.13. The number of rotatable bonds is 20. The van der Waals surface area contributed by atoms with Gasteiger partial charge in [-0.05, 0) is 6.42 Å². The number of esters is 1. The summed E-state index contributed by atoms with van der Waals surface area (Å²) in [4.78, 5) is 34.9. The molecule has 1 aliphatic heterocycles. The Morgan fingerprint density at radius 3 is 1.53 bits per heavy atom. The number of imide groups is 1. The number of carbonyl (C=O) groups is 3. The zero-order valence-electron chi connectivity index (χ0n) is 17.7. The minimum Gasteiger partial charge on any atom is -0.463 e. The Morgan fingerprint density at radius 1 is 0.700 bits per heavy atom. The fourth-order valence-electron chi connectivity index (χ4n) is 2.28. The Bertz CT molecular complexity index is 506. The number of carbonyl (C=O) groups excluding carboxylic acids is 3. The summed E-state index contributed by atoms with van der Waals surface area (Å²) in [6, 6.07) is 0. The van der Waals surface area contributed by atoms with Crippen molar-refractivity contribution in [1.82, 2.24) is 4.90 Å². The van der Waals surface area contributed by atoms with Crippen molar-refractivity contribution in [3.8, 4) is 0 Å². The minimum absolute atomic E-state index is 0.198. The van der Waals surface area contributed by atoms with Crippen molar-refractivity contribution in [3.63, 3.8) is 0 Å². The normalized spacial score (nSPS) is 13.4. The average Bonchev–Trinajstić information content (AvgIpc) is 3.05. The molecule has 0 saturated carbocycles. The standard InChI is InChI=1S/C20H33NO9/c1-2-3-20(24)30-17-16-29-15-14-28-13-12-27-11-10-26-9-8-25-7-6-21-18(22)4-5-19(21)23/h4-5H,2-3,6-17H2,1H3. The van der Waals surface area contributed by atoms with Crippen LogP contribution in [-0.4, -0.2) is 102 Å². The molecule has 1 rings (SSSR count). The molecule has 0 aromatic heterocycles. The second-order valence-electron chi connectivity index (χ2n) is 6.19. The molecular weight excluding hydrogens is 398 g/mol. The van der Waals surface area contributed by atoms with Gasteiger partial charge in [-0.1, -0.05) is 6.92 Å². The average molecular weight is 431 g/mol. The molecule has 0 aromatic carbocycles. The second-order valence-corrected chi connectivity index (χ2v) is 6.19. The van der Waals surface area contributed by atoms with Crippen LogP contribution in [0.2, 0.25) is 0 Å². The van der Waals surface area contributed by atoms with E-state index in [2.05, 4.69) is 0 Å². The van der Waals surface area contributed by atoms with Gasteiger partial charge in [0.2, 0.25) is 0 Å². The van der Waals surface area contributed by atoms with Crippen molar-refractivity contribution in [2.45, 2.75) is 19.8 Å². The van der Waals surface area contributed by atoms with Crippen LogP contribution < -0.4 is 0 Å². The molecule has 0 spiro atoms. The van der Waals surface area contributed by atoms with E-state index in [1.807, 2.05) is 6.92 Å². The highest BCUT2D eigenvalue weighted by atomic mass is 16.6. The van der Waals surface area contributed by atoms with Crippen molar-refractivity contribution in [2.24, 2.45) is 0 Å². The van der Waals surface area contributed by atoms with Crippen LogP contribution in [0.1, 0.15) is 19.8 Å². The summed E-state index contributed by atoms with van der Waals surface area (Å²) >= 11 is 0. The van der Waals surface area contributed by atoms with Gasteiger partial charge in [-0.3, -0.25) is 19.3 Å². The van der Waals surface area contributed by atoms with E-state index in [0.717, 1.165) is 11.3 Å². The summed E-state index contributed by atoms with van der Waals surface area (Å²) in [5.74, 6) is -0.811. The Kier molecular flexibility index (Phi) is 15.7. The molecule has 0 saturated heterocycles. The molecule has 0 radical (unpaired) electrons. The Balaban J connectivity index is 1.71. The molecule has 0 bridgehead atoms. The smallest absolute Gasteiger partial charge is 0.305 e. The fraction of sp³-hybridized carbons (Fsp3) is 0.750. The molecule has 30 heavy (non-hydrogen) atoms. The molecule has 10 heteroatoms. The van der Waals surface area contributed by atoms with E-state index >= 15 is 0 Å². The van der Waals surface area contributed by atoms with Crippen LogP contribution >= 0.6 is 0 Å². The van der Waals surface area contributed by atoms with Crippen LogP contribution in [-0.2, 0) is 42.8 Å². The van der Waals surface area contributed by atoms with Crippen LogP contribution in [0.4, 0.5) is 0 Å². The SMILES string of the molecule is CCCC(=O)OCCOCCOCCOCCOCCOCCN1C(=O)C=CC1=O. The van der Waals surface area contributed by atoms with Gasteiger partial charge in [0.25, 0.3) is 11.8 Å². The molecule has 0 aromatic rings. The molecule has 10 nitrogen and oxygen atoms in total. The number of amides is 2. The highest BCUT2D eigenvalue weighted by Crippen LogP contribution is 2.02. The van der Waals surface area contributed by atoms with Gasteiger partial charge in [-0.25, -0.2) is 0 Å². The third-order valence-corrected chi connectivity index (χ3v) is 3.79. The molecule has 0 atom stereocenters. The molecule has 172 valence electrons. The van der Waals surface area contributed by atoms with Crippen molar-refractivity contribution >= 4 is 17.8 Å².